The Labute approximate surface area is 110 Å². The largest absolute Gasteiger partial charge is 0.328 e. The van der Waals surface area contributed by atoms with Crippen molar-refractivity contribution in [2.45, 2.75) is 63.7 Å². The van der Waals surface area contributed by atoms with Gasteiger partial charge in [0.15, 0.2) is 0 Å². The van der Waals surface area contributed by atoms with E-state index in [1.54, 1.807) is 0 Å². The smallest absolute Gasteiger partial charge is 0.0325 e. The molecule has 0 spiro atoms. The molecule has 2 saturated heterocycles. The number of aryl methyl sites for hydroxylation is 1. The summed E-state index contributed by atoms with van der Waals surface area (Å²) in [4.78, 5) is 2.73. The lowest BCUT2D eigenvalue weighted by Gasteiger charge is -2.41. The number of rotatable bonds is 2. The Morgan fingerprint density at radius 1 is 1.22 bits per heavy atom. The highest BCUT2D eigenvalue weighted by molar-refractivity contribution is 5.25. The number of fused-ring (bicyclic) bond motifs is 2. The number of nitrogens with zero attached hydrogens (tertiary/aromatic N) is 1. The molecule has 3 atom stereocenters. The monoisotopic (exact) mass is 244 g/mol. The van der Waals surface area contributed by atoms with E-state index in [4.69, 9.17) is 5.73 Å². The lowest BCUT2D eigenvalue weighted by atomic mass is 9.94. The Hall–Kier alpha value is -0.860. The number of hydrogen-bond acceptors (Lipinski definition) is 2. The van der Waals surface area contributed by atoms with Gasteiger partial charge in [-0.3, -0.25) is 4.90 Å². The molecule has 0 aliphatic carbocycles. The first-order valence-electron chi connectivity index (χ1n) is 7.24. The van der Waals surface area contributed by atoms with Crippen molar-refractivity contribution in [3.63, 3.8) is 0 Å². The van der Waals surface area contributed by atoms with E-state index in [0.717, 1.165) is 0 Å². The van der Waals surface area contributed by atoms with Crippen LogP contribution in [0.2, 0.25) is 0 Å². The third kappa shape index (κ3) is 2.08. The first-order chi connectivity index (χ1) is 8.65. The zero-order valence-corrected chi connectivity index (χ0v) is 11.5. The van der Waals surface area contributed by atoms with Gasteiger partial charge in [-0.25, -0.2) is 0 Å². The van der Waals surface area contributed by atoms with Crippen LogP contribution >= 0.6 is 0 Å². The molecule has 2 N–H and O–H groups in total. The molecular formula is C16H24N2. The van der Waals surface area contributed by atoms with Crippen LogP contribution in [0.1, 0.15) is 49.8 Å². The molecule has 0 amide bonds. The molecule has 2 heteroatoms. The molecule has 2 nitrogen and oxygen atoms in total. The minimum Gasteiger partial charge on any atom is -0.328 e. The molecule has 1 aromatic carbocycles. The predicted octanol–water partition coefficient (Wildman–Crippen LogP) is 3.01. The van der Waals surface area contributed by atoms with E-state index in [9.17, 15) is 0 Å². The zero-order chi connectivity index (χ0) is 12.7. The van der Waals surface area contributed by atoms with Gasteiger partial charge in [-0.2, -0.15) is 0 Å². The van der Waals surface area contributed by atoms with Crippen LogP contribution in [0, 0.1) is 6.92 Å². The van der Waals surface area contributed by atoms with Crippen molar-refractivity contribution in [3.05, 3.63) is 35.4 Å². The quantitative estimate of drug-likeness (QED) is 0.866. The summed E-state index contributed by atoms with van der Waals surface area (Å²) in [6.45, 7) is 4.54. The van der Waals surface area contributed by atoms with Gasteiger partial charge in [0.2, 0.25) is 0 Å². The van der Waals surface area contributed by atoms with Gasteiger partial charge in [0, 0.05) is 24.2 Å². The highest BCUT2D eigenvalue weighted by atomic mass is 15.2. The van der Waals surface area contributed by atoms with E-state index >= 15 is 0 Å². The molecule has 18 heavy (non-hydrogen) atoms. The Morgan fingerprint density at radius 2 is 1.89 bits per heavy atom. The summed E-state index contributed by atoms with van der Waals surface area (Å²) >= 11 is 0. The molecule has 2 heterocycles. The molecule has 2 aliphatic heterocycles. The maximum absolute atomic E-state index is 6.15. The molecule has 1 aromatic rings. The van der Waals surface area contributed by atoms with Crippen molar-refractivity contribution < 1.29 is 0 Å². The highest BCUT2D eigenvalue weighted by Crippen LogP contribution is 2.40. The second kappa shape index (κ2) is 4.67. The van der Waals surface area contributed by atoms with Crippen molar-refractivity contribution in [2.24, 2.45) is 5.73 Å². The number of hydrogen-bond donors (Lipinski definition) is 1. The van der Waals surface area contributed by atoms with Crippen LogP contribution in [0.15, 0.2) is 24.3 Å². The molecule has 2 fully saturated rings. The second-order valence-corrected chi connectivity index (χ2v) is 6.15. The maximum atomic E-state index is 6.15. The fourth-order valence-corrected chi connectivity index (χ4v) is 3.99. The van der Waals surface area contributed by atoms with Crippen LogP contribution in [0.5, 0.6) is 0 Å². The van der Waals surface area contributed by atoms with Gasteiger partial charge in [-0.15, -0.1) is 0 Å². The van der Waals surface area contributed by atoms with Gasteiger partial charge in [-0.05, 0) is 45.1 Å². The van der Waals surface area contributed by atoms with Crippen LogP contribution in [0.3, 0.4) is 0 Å². The standard InChI is InChI=1S/C16H24N2/c1-11-4-3-5-13(8-11)12(2)18-15-6-7-16(18)10-14(17)9-15/h3-5,8,12,14-16H,6-7,9-10,17H2,1-2H3. The molecule has 3 rings (SSSR count). The van der Waals surface area contributed by atoms with Gasteiger partial charge in [0.25, 0.3) is 0 Å². The summed E-state index contributed by atoms with van der Waals surface area (Å²) in [6.07, 6.45) is 5.06. The summed E-state index contributed by atoms with van der Waals surface area (Å²) in [5.41, 5.74) is 8.98. The van der Waals surface area contributed by atoms with Crippen LogP contribution in [0.4, 0.5) is 0 Å². The second-order valence-electron chi connectivity index (χ2n) is 6.15. The molecule has 2 bridgehead atoms. The first kappa shape index (κ1) is 12.2. The number of piperidine rings is 1. The maximum Gasteiger partial charge on any atom is 0.0325 e. The molecule has 2 aliphatic rings. The van der Waals surface area contributed by atoms with Crippen molar-refractivity contribution in [1.29, 1.82) is 0 Å². The molecule has 0 saturated carbocycles. The first-order valence-corrected chi connectivity index (χ1v) is 7.24. The van der Waals surface area contributed by atoms with Crippen LogP contribution < -0.4 is 5.73 Å². The van der Waals surface area contributed by atoms with E-state index in [0.29, 0.717) is 24.2 Å². The van der Waals surface area contributed by atoms with Crippen LogP contribution in [-0.4, -0.2) is 23.0 Å². The Morgan fingerprint density at radius 3 is 2.50 bits per heavy atom. The normalized spacial score (nSPS) is 33.6. The summed E-state index contributed by atoms with van der Waals surface area (Å²) < 4.78 is 0. The summed E-state index contributed by atoms with van der Waals surface area (Å²) in [6, 6.07) is 11.4. The van der Waals surface area contributed by atoms with E-state index < -0.39 is 0 Å². The molecule has 0 aromatic heterocycles. The number of benzene rings is 1. The van der Waals surface area contributed by atoms with Crippen LogP contribution in [-0.2, 0) is 0 Å². The fraction of sp³-hybridized carbons (Fsp3) is 0.625. The van der Waals surface area contributed by atoms with Crippen molar-refractivity contribution in [3.8, 4) is 0 Å². The Bertz CT molecular complexity index is 415. The summed E-state index contributed by atoms with van der Waals surface area (Å²) in [7, 11) is 0. The van der Waals surface area contributed by atoms with Gasteiger partial charge >= 0.3 is 0 Å². The van der Waals surface area contributed by atoms with E-state index in [1.165, 1.54) is 36.8 Å². The lowest BCUT2D eigenvalue weighted by Crippen LogP contribution is -2.48. The summed E-state index contributed by atoms with van der Waals surface area (Å²) in [5.74, 6) is 0. The minimum atomic E-state index is 0.434. The van der Waals surface area contributed by atoms with E-state index in [-0.39, 0.29) is 0 Å². The Kier molecular flexibility index (Phi) is 3.16. The van der Waals surface area contributed by atoms with Crippen LogP contribution in [0.25, 0.3) is 0 Å². The molecule has 0 radical (unpaired) electrons. The molecule has 3 unspecified atom stereocenters. The lowest BCUT2D eigenvalue weighted by molar-refractivity contribution is 0.0854. The van der Waals surface area contributed by atoms with Gasteiger partial charge < -0.3 is 5.73 Å². The third-order valence-electron chi connectivity index (χ3n) is 4.80. The van der Waals surface area contributed by atoms with E-state index in [1.807, 2.05) is 0 Å². The topological polar surface area (TPSA) is 29.3 Å². The van der Waals surface area contributed by atoms with Crippen molar-refractivity contribution in [2.75, 3.05) is 0 Å². The van der Waals surface area contributed by atoms with Crippen molar-refractivity contribution in [1.82, 2.24) is 4.90 Å². The number of nitrogens with two attached hydrogens (primary N) is 1. The van der Waals surface area contributed by atoms with Crippen molar-refractivity contribution >= 4 is 0 Å². The average molecular weight is 244 g/mol. The summed E-state index contributed by atoms with van der Waals surface area (Å²) in [5, 5.41) is 0. The van der Waals surface area contributed by atoms with Gasteiger partial charge in [0.05, 0.1) is 0 Å². The zero-order valence-electron chi connectivity index (χ0n) is 11.5. The Balaban J connectivity index is 1.83. The predicted molar refractivity (Wildman–Crippen MR) is 75.5 cm³/mol. The third-order valence-corrected chi connectivity index (χ3v) is 4.80. The molecule has 98 valence electrons. The fourth-order valence-electron chi connectivity index (χ4n) is 3.99. The van der Waals surface area contributed by atoms with E-state index in [2.05, 4.69) is 43.0 Å². The average Bonchev–Trinajstić information content (AvgIpc) is 2.61. The highest BCUT2D eigenvalue weighted by Gasteiger charge is 2.41. The SMILES string of the molecule is Cc1cccc(C(C)N2C3CCC2CC(N)C3)c1. The minimum absolute atomic E-state index is 0.434. The van der Waals surface area contributed by atoms with Gasteiger partial charge in [-0.1, -0.05) is 29.8 Å². The van der Waals surface area contributed by atoms with Gasteiger partial charge in [0.1, 0.15) is 0 Å². The molecular weight excluding hydrogens is 220 g/mol.